The van der Waals surface area contributed by atoms with Gasteiger partial charge in [-0.25, -0.2) is 0 Å². The predicted molar refractivity (Wildman–Crippen MR) is 84.0 cm³/mol. The van der Waals surface area contributed by atoms with Crippen LogP contribution in [0.5, 0.6) is 0 Å². The lowest BCUT2D eigenvalue weighted by Gasteiger charge is -2.43. The summed E-state index contributed by atoms with van der Waals surface area (Å²) in [4.78, 5) is 2.67. The van der Waals surface area contributed by atoms with Crippen molar-refractivity contribution in [3.8, 4) is 0 Å². The molecule has 0 bridgehead atoms. The van der Waals surface area contributed by atoms with Crippen molar-refractivity contribution < 1.29 is 0 Å². The van der Waals surface area contributed by atoms with Gasteiger partial charge in [-0.3, -0.25) is 0 Å². The standard InChI is InChI=1S/C18H26N2/c19-17-9-8-16-15(17)6-3-7-18(16)20-11-10-13-4-1-2-5-14(13)12-20/h3,6-7,13-14,17H,1-2,4-5,8-12,19H2. The van der Waals surface area contributed by atoms with E-state index in [0.29, 0.717) is 0 Å². The van der Waals surface area contributed by atoms with Crippen molar-refractivity contribution in [2.75, 3.05) is 18.0 Å². The molecule has 20 heavy (non-hydrogen) atoms. The molecule has 1 saturated carbocycles. The number of nitrogens with two attached hydrogens (primary N) is 1. The van der Waals surface area contributed by atoms with E-state index >= 15 is 0 Å². The Kier molecular flexibility index (Phi) is 3.22. The molecule has 3 aliphatic rings. The van der Waals surface area contributed by atoms with Crippen molar-refractivity contribution in [2.45, 2.75) is 51.0 Å². The van der Waals surface area contributed by atoms with Gasteiger partial charge in [0.1, 0.15) is 0 Å². The molecule has 0 radical (unpaired) electrons. The molecule has 2 heteroatoms. The zero-order chi connectivity index (χ0) is 13.5. The Balaban J connectivity index is 1.59. The summed E-state index contributed by atoms with van der Waals surface area (Å²) in [6, 6.07) is 7.06. The van der Waals surface area contributed by atoms with Gasteiger partial charge in [0.2, 0.25) is 0 Å². The highest BCUT2D eigenvalue weighted by molar-refractivity contribution is 5.59. The van der Waals surface area contributed by atoms with Crippen molar-refractivity contribution >= 4 is 5.69 Å². The van der Waals surface area contributed by atoms with Gasteiger partial charge in [0.15, 0.2) is 0 Å². The fraction of sp³-hybridized carbons (Fsp3) is 0.667. The van der Waals surface area contributed by atoms with E-state index in [1.54, 1.807) is 5.56 Å². The Labute approximate surface area is 122 Å². The molecule has 2 nitrogen and oxygen atoms in total. The number of benzene rings is 1. The first-order valence-electron chi connectivity index (χ1n) is 8.45. The average Bonchev–Trinajstić information content (AvgIpc) is 2.88. The molecule has 2 N–H and O–H groups in total. The van der Waals surface area contributed by atoms with Gasteiger partial charge in [0.05, 0.1) is 0 Å². The van der Waals surface area contributed by atoms with Crippen LogP contribution in [0.3, 0.4) is 0 Å². The summed E-state index contributed by atoms with van der Waals surface area (Å²) in [7, 11) is 0. The van der Waals surface area contributed by atoms with E-state index in [9.17, 15) is 0 Å². The first-order chi connectivity index (χ1) is 9.83. The Hall–Kier alpha value is -1.02. The van der Waals surface area contributed by atoms with E-state index in [2.05, 4.69) is 23.1 Å². The van der Waals surface area contributed by atoms with Crippen LogP contribution in [0.15, 0.2) is 18.2 Å². The van der Waals surface area contributed by atoms with Gasteiger partial charge < -0.3 is 10.6 Å². The van der Waals surface area contributed by atoms with E-state index in [0.717, 1.165) is 18.3 Å². The van der Waals surface area contributed by atoms with Crippen molar-refractivity contribution in [1.29, 1.82) is 0 Å². The van der Waals surface area contributed by atoms with Crippen LogP contribution in [0.2, 0.25) is 0 Å². The second-order valence-corrected chi connectivity index (χ2v) is 7.03. The highest BCUT2D eigenvalue weighted by Gasteiger charge is 2.32. The van der Waals surface area contributed by atoms with E-state index in [1.807, 2.05) is 0 Å². The Morgan fingerprint density at radius 3 is 2.75 bits per heavy atom. The summed E-state index contributed by atoms with van der Waals surface area (Å²) < 4.78 is 0. The van der Waals surface area contributed by atoms with Crippen molar-refractivity contribution in [3.05, 3.63) is 29.3 Å². The predicted octanol–water partition coefficient (Wildman–Crippen LogP) is 3.65. The second kappa shape index (κ2) is 5.07. The summed E-state index contributed by atoms with van der Waals surface area (Å²) in [5.74, 6) is 1.96. The molecule has 108 valence electrons. The number of hydrogen-bond donors (Lipinski definition) is 1. The first kappa shape index (κ1) is 12.7. The smallest absolute Gasteiger partial charge is 0.0402 e. The van der Waals surface area contributed by atoms with Crippen LogP contribution in [0.1, 0.15) is 55.7 Å². The summed E-state index contributed by atoms with van der Waals surface area (Å²) in [6.45, 7) is 2.54. The quantitative estimate of drug-likeness (QED) is 0.844. The highest BCUT2D eigenvalue weighted by Crippen LogP contribution is 2.41. The third-order valence-corrected chi connectivity index (χ3v) is 5.92. The lowest BCUT2D eigenvalue weighted by molar-refractivity contribution is 0.202. The summed E-state index contributed by atoms with van der Waals surface area (Å²) in [5, 5.41) is 0. The van der Waals surface area contributed by atoms with Crippen LogP contribution in [0.25, 0.3) is 0 Å². The molecule has 0 aromatic heterocycles. The normalized spacial score (nSPS) is 32.9. The number of fused-ring (bicyclic) bond motifs is 2. The van der Waals surface area contributed by atoms with Gasteiger partial charge in [-0.1, -0.05) is 31.4 Å². The third-order valence-electron chi connectivity index (χ3n) is 5.92. The fourth-order valence-electron chi connectivity index (χ4n) is 4.78. The molecule has 1 aromatic carbocycles. The maximum absolute atomic E-state index is 6.23. The highest BCUT2D eigenvalue weighted by atomic mass is 15.1. The van der Waals surface area contributed by atoms with Crippen LogP contribution >= 0.6 is 0 Å². The monoisotopic (exact) mass is 270 g/mol. The van der Waals surface area contributed by atoms with E-state index in [4.69, 9.17) is 5.73 Å². The molecule has 4 rings (SSSR count). The molecule has 2 aliphatic carbocycles. The molecule has 1 saturated heterocycles. The van der Waals surface area contributed by atoms with Crippen LogP contribution in [0, 0.1) is 11.8 Å². The van der Waals surface area contributed by atoms with Gasteiger partial charge in [-0.2, -0.15) is 0 Å². The molecule has 0 spiro atoms. The minimum Gasteiger partial charge on any atom is -0.371 e. The minimum atomic E-state index is 0.275. The second-order valence-electron chi connectivity index (χ2n) is 7.03. The molecule has 0 amide bonds. The SMILES string of the molecule is NC1CCc2c1cccc2N1CCC2CCCCC2C1. The molecule has 3 unspecified atom stereocenters. The zero-order valence-electron chi connectivity index (χ0n) is 12.4. The summed E-state index contributed by atoms with van der Waals surface area (Å²) >= 11 is 0. The molecule has 1 aromatic rings. The number of anilines is 1. The minimum absolute atomic E-state index is 0.275. The Morgan fingerprint density at radius 2 is 1.85 bits per heavy atom. The lowest BCUT2D eigenvalue weighted by Crippen LogP contribution is -2.42. The molecule has 2 fully saturated rings. The summed E-state index contributed by atoms with van der Waals surface area (Å²) in [6.07, 6.45) is 9.57. The molecule has 3 atom stereocenters. The third kappa shape index (κ3) is 2.05. The largest absolute Gasteiger partial charge is 0.371 e. The Bertz CT molecular complexity index is 496. The van der Waals surface area contributed by atoms with E-state index in [-0.39, 0.29) is 6.04 Å². The van der Waals surface area contributed by atoms with Crippen molar-refractivity contribution in [3.63, 3.8) is 0 Å². The number of rotatable bonds is 1. The lowest BCUT2D eigenvalue weighted by atomic mass is 9.75. The van der Waals surface area contributed by atoms with E-state index in [1.165, 1.54) is 62.9 Å². The molecule has 1 heterocycles. The Morgan fingerprint density at radius 1 is 1.00 bits per heavy atom. The van der Waals surface area contributed by atoms with Gasteiger partial charge in [0.25, 0.3) is 0 Å². The van der Waals surface area contributed by atoms with Crippen LogP contribution in [-0.4, -0.2) is 13.1 Å². The van der Waals surface area contributed by atoms with Crippen LogP contribution < -0.4 is 10.6 Å². The number of piperidine rings is 1. The zero-order valence-corrected chi connectivity index (χ0v) is 12.4. The number of nitrogens with zero attached hydrogens (tertiary/aromatic N) is 1. The van der Waals surface area contributed by atoms with Crippen molar-refractivity contribution in [2.24, 2.45) is 17.6 Å². The summed E-state index contributed by atoms with van der Waals surface area (Å²) in [5.41, 5.74) is 10.7. The van der Waals surface area contributed by atoms with E-state index < -0.39 is 0 Å². The van der Waals surface area contributed by atoms with Gasteiger partial charge >= 0.3 is 0 Å². The molecule has 1 aliphatic heterocycles. The van der Waals surface area contributed by atoms with Gasteiger partial charge in [0, 0.05) is 24.8 Å². The maximum atomic E-state index is 6.23. The van der Waals surface area contributed by atoms with Crippen molar-refractivity contribution in [1.82, 2.24) is 0 Å². The van der Waals surface area contributed by atoms with Gasteiger partial charge in [-0.05, 0) is 54.7 Å². The topological polar surface area (TPSA) is 29.3 Å². The molecular formula is C18H26N2. The van der Waals surface area contributed by atoms with Crippen LogP contribution in [0.4, 0.5) is 5.69 Å². The molecular weight excluding hydrogens is 244 g/mol. The van der Waals surface area contributed by atoms with Crippen LogP contribution in [-0.2, 0) is 6.42 Å². The fourth-order valence-corrected chi connectivity index (χ4v) is 4.78. The maximum Gasteiger partial charge on any atom is 0.0402 e. The first-order valence-corrected chi connectivity index (χ1v) is 8.45. The van der Waals surface area contributed by atoms with Gasteiger partial charge in [-0.15, -0.1) is 0 Å². The average molecular weight is 270 g/mol. The number of hydrogen-bond acceptors (Lipinski definition) is 2.